The number of hydrogen-bond donors (Lipinski definition) is 2. The lowest BCUT2D eigenvalue weighted by atomic mass is 9.30. The van der Waals surface area contributed by atoms with E-state index in [1.807, 2.05) is 18.2 Å². The predicted octanol–water partition coefficient (Wildman–Crippen LogP) is 8.97. The third-order valence-electron chi connectivity index (χ3n) is 13.5. The quantitative estimate of drug-likeness (QED) is 0.353. The summed E-state index contributed by atoms with van der Waals surface area (Å²) >= 11 is 0. The zero-order chi connectivity index (χ0) is 27.0. The molecule has 3 nitrogen and oxygen atoms in total. The molecule has 5 saturated carbocycles. The average molecular weight is 521 g/mol. The van der Waals surface area contributed by atoms with Gasteiger partial charge in [-0.1, -0.05) is 60.8 Å². The summed E-state index contributed by atoms with van der Waals surface area (Å²) in [5.74, 6) is 8.23. The molecule has 10 unspecified atom stereocenters. The molecule has 5 aliphatic carbocycles. The van der Waals surface area contributed by atoms with Crippen LogP contribution in [-0.4, -0.2) is 6.10 Å². The first-order valence-electron chi connectivity index (χ1n) is 16.3. The number of rotatable bonds is 7. The van der Waals surface area contributed by atoms with Gasteiger partial charge in [0.05, 0.1) is 5.69 Å². The van der Waals surface area contributed by atoms with Gasteiger partial charge in [-0.05, 0) is 128 Å². The van der Waals surface area contributed by atoms with E-state index in [0.717, 1.165) is 53.1 Å². The molecule has 0 saturated heterocycles. The lowest BCUT2D eigenvalue weighted by molar-refractivity contribution is -0.266. The number of benzene rings is 1. The van der Waals surface area contributed by atoms with Gasteiger partial charge in [-0.25, -0.2) is 0 Å². The molecule has 0 heterocycles. The summed E-state index contributed by atoms with van der Waals surface area (Å²) < 4.78 is 6.70. The van der Waals surface area contributed by atoms with Crippen LogP contribution in [0.1, 0.15) is 112 Å². The molecule has 0 amide bonds. The molecule has 5 fully saturated rings. The summed E-state index contributed by atoms with van der Waals surface area (Å²) in [5.41, 5.74) is 15.0. The third-order valence-corrected chi connectivity index (χ3v) is 13.5. The number of nitrogens with two attached hydrogens (primary N) is 2. The van der Waals surface area contributed by atoms with Crippen LogP contribution in [0.2, 0.25) is 0 Å². The Labute approximate surface area is 233 Å². The normalized spacial score (nSPS) is 43.5. The number of fused-ring (bicyclic) bond motifs is 2. The highest BCUT2D eigenvalue weighted by Crippen LogP contribution is 2.78. The van der Waals surface area contributed by atoms with Gasteiger partial charge in [-0.3, -0.25) is 0 Å². The smallest absolute Gasteiger partial charge is 0.142 e. The standard InChI is InChI=1S/C35H56N2O/c1-21(2)8-7-9-22(3)26-12-13-27-25-11-15-30-33(4,5)31(38-29-14-10-24(36)18-28(29)37)16-17-35(30)20-23(32(25)35)19-34(26,27)6/h10,14,18,21-23,25-27,30-32H,7-9,11-13,15-17,19-20,36-37H2,1-6H3. The molecule has 0 aromatic heterocycles. The fourth-order valence-electron chi connectivity index (χ4n) is 12.1. The van der Waals surface area contributed by atoms with Gasteiger partial charge < -0.3 is 16.2 Å². The Morgan fingerprint density at radius 1 is 0.947 bits per heavy atom. The van der Waals surface area contributed by atoms with Crippen molar-refractivity contribution in [2.24, 2.45) is 63.6 Å². The van der Waals surface area contributed by atoms with Crippen molar-refractivity contribution in [3.05, 3.63) is 18.2 Å². The monoisotopic (exact) mass is 520 g/mol. The molecule has 5 aliphatic rings. The summed E-state index contributed by atoms with van der Waals surface area (Å²) in [4.78, 5) is 0. The molecular formula is C35H56N2O. The summed E-state index contributed by atoms with van der Waals surface area (Å²) in [5, 5.41) is 0. The van der Waals surface area contributed by atoms with Crippen LogP contribution >= 0.6 is 0 Å². The van der Waals surface area contributed by atoms with Crippen LogP contribution in [0.25, 0.3) is 0 Å². The highest BCUT2D eigenvalue weighted by molar-refractivity contribution is 5.60. The molecule has 3 heteroatoms. The summed E-state index contributed by atoms with van der Waals surface area (Å²) in [7, 11) is 0. The Morgan fingerprint density at radius 3 is 2.47 bits per heavy atom. The van der Waals surface area contributed by atoms with E-state index in [-0.39, 0.29) is 11.5 Å². The van der Waals surface area contributed by atoms with Crippen LogP contribution < -0.4 is 16.2 Å². The van der Waals surface area contributed by atoms with E-state index in [1.165, 1.54) is 70.6 Å². The van der Waals surface area contributed by atoms with E-state index in [4.69, 9.17) is 16.2 Å². The Kier molecular flexibility index (Phi) is 6.59. The molecule has 212 valence electrons. The predicted molar refractivity (Wildman–Crippen MR) is 160 cm³/mol. The largest absolute Gasteiger partial charge is 0.488 e. The fraction of sp³-hybridized carbons (Fsp3) is 0.829. The summed E-state index contributed by atoms with van der Waals surface area (Å²) in [6.45, 7) is 15.2. The maximum Gasteiger partial charge on any atom is 0.142 e. The van der Waals surface area contributed by atoms with Crippen molar-refractivity contribution in [2.75, 3.05) is 11.5 Å². The van der Waals surface area contributed by atoms with Crippen LogP contribution in [0.3, 0.4) is 0 Å². The second-order valence-corrected chi connectivity index (χ2v) is 16.1. The molecule has 10 atom stereocenters. The zero-order valence-corrected chi connectivity index (χ0v) is 25.3. The molecule has 0 radical (unpaired) electrons. The van der Waals surface area contributed by atoms with Gasteiger partial charge in [0.15, 0.2) is 0 Å². The number of anilines is 2. The van der Waals surface area contributed by atoms with Crippen LogP contribution in [0.4, 0.5) is 11.4 Å². The highest BCUT2D eigenvalue weighted by Gasteiger charge is 2.72. The number of ether oxygens (including phenoxy) is 1. The van der Waals surface area contributed by atoms with E-state index >= 15 is 0 Å². The Morgan fingerprint density at radius 2 is 1.74 bits per heavy atom. The van der Waals surface area contributed by atoms with Gasteiger partial charge in [0.1, 0.15) is 11.9 Å². The topological polar surface area (TPSA) is 61.3 Å². The van der Waals surface area contributed by atoms with Gasteiger partial charge in [-0.2, -0.15) is 0 Å². The van der Waals surface area contributed by atoms with E-state index in [1.54, 1.807) is 0 Å². The molecule has 6 rings (SSSR count). The first-order chi connectivity index (χ1) is 18.0. The highest BCUT2D eigenvalue weighted by atomic mass is 16.5. The minimum absolute atomic E-state index is 0.173. The van der Waals surface area contributed by atoms with E-state index in [0.29, 0.717) is 22.2 Å². The average Bonchev–Trinajstić information content (AvgIpc) is 3.17. The van der Waals surface area contributed by atoms with Crippen molar-refractivity contribution in [3.8, 4) is 5.75 Å². The maximum atomic E-state index is 6.70. The van der Waals surface area contributed by atoms with Crippen molar-refractivity contribution in [3.63, 3.8) is 0 Å². The first-order valence-corrected chi connectivity index (χ1v) is 16.3. The Bertz CT molecular complexity index is 1030. The van der Waals surface area contributed by atoms with Crippen LogP contribution in [-0.2, 0) is 0 Å². The molecule has 1 aromatic rings. The number of hydrogen-bond acceptors (Lipinski definition) is 3. The van der Waals surface area contributed by atoms with E-state index < -0.39 is 0 Å². The minimum atomic E-state index is 0.173. The second-order valence-electron chi connectivity index (χ2n) is 16.1. The SMILES string of the molecule is CC(C)CCCC(C)C1CCC2C3CCC4C(C)(C)C(Oc5ccc(N)cc5N)CCC45CC(CC12C)C35. The van der Waals surface area contributed by atoms with Crippen molar-refractivity contribution in [2.45, 2.75) is 118 Å². The van der Waals surface area contributed by atoms with Gasteiger partial charge in [0.25, 0.3) is 0 Å². The van der Waals surface area contributed by atoms with Crippen molar-refractivity contribution in [1.82, 2.24) is 0 Å². The fourth-order valence-corrected chi connectivity index (χ4v) is 12.1. The zero-order valence-electron chi connectivity index (χ0n) is 25.3. The van der Waals surface area contributed by atoms with Gasteiger partial charge in [0.2, 0.25) is 0 Å². The van der Waals surface area contributed by atoms with Gasteiger partial charge in [-0.15, -0.1) is 0 Å². The molecule has 0 bridgehead atoms. The van der Waals surface area contributed by atoms with Crippen molar-refractivity contribution >= 4 is 11.4 Å². The van der Waals surface area contributed by atoms with E-state index in [9.17, 15) is 0 Å². The third kappa shape index (κ3) is 3.94. The number of nitrogen functional groups attached to an aromatic ring is 2. The van der Waals surface area contributed by atoms with Gasteiger partial charge >= 0.3 is 0 Å². The molecule has 1 spiro atoms. The lowest BCUT2D eigenvalue weighted by Gasteiger charge is -2.74. The summed E-state index contributed by atoms with van der Waals surface area (Å²) in [6, 6.07) is 5.74. The molecule has 38 heavy (non-hydrogen) atoms. The van der Waals surface area contributed by atoms with Crippen LogP contribution in [0, 0.1) is 63.6 Å². The first kappa shape index (κ1) is 26.8. The van der Waals surface area contributed by atoms with Crippen molar-refractivity contribution in [1.29, 1.82) is 0 Å². The van der Waals surface area contributed by atoms with Crippen LogP contribution in [0.5, 0.6) is 5.75 Å². The minimum Gasteiger partial charge on any atom is -0.488 e. The van der Waals surface area contributed by atoms with Crippen LogP contribution in [0.15, 0.2) is 18.2 Å². The molecule has 0 aliphatic heterocycles. The maximum absolute atomic E-state index is 6.70. The molecule has 1 aromatic carbocycles. The molecular weight excluding hydrogens is 464 g/mol. The summed E-state index contributed by atoms with van der Waals surface area (Å²) in [6.07, 6.45) is 15.9. The second kappa shape index (κ2) is 9.34. The van der Waals surface area contributed by atoms with E-state index in [2.05, 4.69) is 41.5 Å². The molecule has 4 N–H and O–H groups in total. The Balaban J connectivity index is 1.18. The Hall–Kier alpha value is -1.38. The lowest BCUT2D eigenvalue weighted by Crippen LogP contribution is -2.69. The van der Waals surface area contributed by atoms with Gasteiger partial charge in [0, 0.05) is 11.1 Å². The van der Waals surface area contributed by atoms with Crippen molar-refractivity contribution < 1.29 is 4.74 Å².